The van der Waals surface area contributed by atoms with Gasteiger partial charge >= 0.3 is 12.4 Å². The number of likely N-dealkylation sites (N-methyl/N-ethyl adjacent to an activating group) is 1. The van der Waals surface area contributed by atoms with Crippen LogP contribution in [0.2, 0.25) is 0 Å². The van der Waals surface area contributed by atoms with Crippen LogP contribution in [-0.4, -0.2) is 83.7 Å². The first-order valence-electron chi connectivity index (χ1n) is 10.5. The first kappa shape index (κ1) is 23.5. The standard InChI is InChI=1S/C22H22F3N5O4/c1-27-8-10-28(11-9-27)20(32)16-12-15(6-7-26-16)13-29-14-19(31)30(21(29)33)17-4-2-3-5-18(17)34-22(23,24)25/h2-7,12H,8-11,13-14H2,1H3. The van der Waals surface area contributed by atoms with E-state index in [0.29, 0.717) is 23.6 Å². The summed E-state index contributed by atoms with van der Waals surface area (Å²) in [5, 5.41) is 0. The molecule has 9 nitrogen and oxygen atoms in total. The largest absolute Gasteiger partial charge is 0.573 e. The van der Waals surface area contributed by atoms with E-state index in [1.54, 1.807) is 17.0 Å². The van der Waals surface area contributed by atoms with Gasteiger partial charge in [0.05, 0.1) is 5.69 Å². The molecule has 2 aromatic rings. The molecule has 12 heteroatoms. The monoisotopic (exact) mass is 477 g/mol. The Labute approximate surface area is 193 Å². The molecular formula is C22H22F3N5O4. The first-order valence-corrected chi connectivity index (χ1v) is 10.5. The summed E-state index contributed by atoms with van der Waals surface area (Å²) in [7, 11) is 1.98. The van der Waals surface area contributed by atoms with E-state index in [1.165, 1.54) is 29.3 Å². The lowest BCUT2D eigenvalue weighted by Gasteiger charge is -2.32. The lowest BCUT2D eigenvalue weighted by atomic mass is 10.2. The van der Waals surface area contributed by atoms with Gasteiger partial charge in [-0.1, -0.05) is 12.1 Å². The van der Waals surface area contributed by atoms with Crippen molar-refractivity contribution in [3.63, 3.8) is 0 Å². The molecule has 3 heterocycles. The first-order chi connectivity index (χ1) is 16.1. The molecule has 1 aromatic heterocycles. The highest BCUT2D eigenvalue weighted by atomic mass is 19.4. The summed E-state index contributed by atoms with van der Waals surface area (Å²) in [5.41, 5.74) is 0.495. The van der Waals surface area contributed by atoms with E-state index >= 15 is 0 Å². The van der Waals surface area contributed by atoms with Crippen LogP contribution < -0.4 is 9.64 Å². The number of carbonyl (C=O) groups is 3. The van der Waals surface area contributed by atoms with Gasteiger partial charge < -0.3 is 19.4 Å². The number of halogens is 3. The molecule has 2 saturated heterocycles. The van der Waals surface area contributed by atoms with Crippen LogP contribution in [0.3, 0.4) is 0 Å². The summed E-state index contributed by atoms with van der Waals surface area (Å²) in [4.78, 5) is 48.1. The summed E-state index contributed by atoms with van der Waals surface area (Å²) in [5.74, 6) is -1.56. The summed E-state index contributed by atoms with van der Waals surface area (Å²) >= 11 is 0. The number of hydrogen-bond donors (Lipinski definition) is 0. The fourth-order valence-electron chi connectivity index (χ4n) is 3.85. The molecule has 2 aliphatic heterocycles. The lowest BCUT2D eigenvalue weighted by Crippen LogP contribution is -2.47. The molecule has 4 rings (SSSR count). The zero-order valence-corrected chi connectivity index (χ0v) is 18.3. The second-order valence-electron chi connectivity index (χ2n) is 8.03. The van der Waals surface area contributed by atoms with Crippen molar-refractivity contribution >= 4 is 23.5 Å². The van der Waals surface area contributed by atoms with Gasteiger partial charge in [-0.2, -0.15) is 0 Å². The minimum Gasteiger partial charge on any atom is -0.404 e. The van der Waals surface area contributed by atoms with Crippen molar-refractivity contribution < 1.29 is 32.3 Å². The predicted octanol–water partition coefficient (Wildman–Crippen LogP) is 2.34. The third-order valence-electron chi connectivity index (χ3n) is 5.58. The number of benzene rings is 1. The van der Waals surface area contributed by atoms with Crippen molar-refractivity contribution in [2.45, 2.75) is 12.9 Å². The van der Waals surface area contributed by atoms with Crippen LogP contribution in [0.5, 0.6) is 5.75 Å². The Morgan fingerprint density at radius 1 is 1.09 bits per heavy atom. The van der Waals surface area contributed by atoms with Crippen LogP contribution in [0.4, 0.5) is 23.7 Å². The second-order valence-corrected chi connectivity index (χ2v) is 8.03. The molecule has 0 spiro atoms. The van der Waals surface area contributed by atoms with Gasteiger partial charge in [0.2, 0.25) is 0 Å². The number of hydrogen-bond acceptors (Lipinski definition) is 6. The third kappa shape index (κ3) is 5.11. The van der Waals surface area contributed by atoms with E-state index in [-0.39, 0.29) is 30.4 Å². The quantitative estimate of drug-likeness (QED) is 0.615. The van der Waals surface area contributed by atoms with Crippen molar-refractivity contribution in [2.75, 3.05) is 44.7 Å². The maximum absolute atomic E-state index is 12.9. The van der Waals surface area contributed by atoms with Crippen LogP contribution >= 0.6 is 0 Å². The zero-order valence-electron chi connectivity index (χ0n) is 18.3. The van der Waals surface area contributed by atoms with E-state index in [4.69, 9.17) is 0 Å². The molecule has 0 N–H and O–H groups in total. The number of amides is 4. The number of pyridine rings is 1. The maximum Gasteiger partial charge on any atom is 0.573 e. The zero-order chi connectivity index (χ0) is 24.5. The number of imide groups is 1. The molecule has 180 valence electrons. The number of piperazine rings is 1. The van der Waals surface area contributed by atoms with E-state index in [1.807, 2.05) is 7.05 Å². The topological polar surface area (TPSA) is 86.3 Å². The molecular weight excluding hydrogens is 455 g/mol. The Hall–Kier alpha value is -3.67. The van der Waals surface area contributed by atoms with Crippen molar-refractivity contribution in [3.05, 3.63) is 53.9 Å². The van der Waals surface area contributed by atoms with Crippen LogP contribution in [0, 0.1) is 0 Å². The van der Waals surface area contributed by atoms with E-state index in [9.17, 15) is 27.6 Å². The van der Waals surface area contributed by atoms with Gasteiger partial charge in [0.25, 0.3) is 11.8 Å². The number of carbonyl (C=O) groups excluding carboxylic acids is 3. The summed E-state index contributed by atoms with van der Waals surface area (Å²) in [6, 6.07) is 7.34. The molecule has 0 atom stereocenters. The van der Waals surface area contributed by atoms with Gasteiger partial charge in [0, 0.05) is 38.9 Å². The molecule has 2 fully saturated rings. The SMILES string of the molecule is CN1CCN(C(=O)c2cc(CN3CC(=O)N(c4ccccc4OC(F)(F)F)C3=O)ccn2)CC1. The molecule has 0 unspecified atom stereocenters. The van der Waals surface area contributed by atoms with Gasteiger partial charge in [-0.25, -0.2) is 9.69 Å². The number of anilines is 1. The predicted molar refractivity (Wildman–Crippen MR) is 114 cm³/mol. The second kappa shape index (κ2) is 9.29. The normalized spacial score (nSPS) is 17.5. The van der Waals surface area contributed by atoms with Gasteiger partial charge in [0.15, 0.2) is 5.75 Å². The number of nitrogens with zero attached hydrogens (tertiary/aromatic N) is 5. The van der Waals surface area contributed by atoms with Crippen LogP contribution in [0.15, 0.2) is 42.6 Å². The van der Waals surface area contributed by atoms with E-state index < -0.39 is 24.1 Å². The number of aromatic nitrogens is 1. The highest BCUT2D eigenvalue weighted by Crippen LogP contribution is 2.35. The molecule has 4 amide bonds. The highest BCUT2D eigenvalue weighted by Gasteiger charge is 2.40. The number of urea groups is 1. The molecule has 0 bridgehead atoms. The van der Waals surface area contributed by atoms with Crippen molar-refractivity contribution in [2.24, 2.45) is 0 Å². The Bertz CT molecular complexity index is 1100. The van der Waals surface area contributed by atoms with Crippen molar-refractivity contribution in [3.8, 4) is 5.75 Å². The average Bonchev–Trinajstić information content (AvgIpc) is 3.06. The number of alkyl halides is 3. The smallest absolute Gasteiger partial charge is 0.404 e. The molecule has 2 aliphatic rings. The minimum atomic E-state index is -4.98. The fourth-order valence-corrected chi connectivity index (χ4v) is 3.85. The Balaban J connectivity index is 1.49. The number of rotatable bonds is 5. The van der Waals surface area contributed by atoms with Gasteiger partial charge in [-0.3, -0.25) is 14.6 Å². The summed E-state index contributed by atoms with van der Waals surface area (Å²) < 4.78 is 42.3. The van der Waals surface area contributed by atoms with Gasteiger partial charge in [0.1, 0.15) is 12.2 Å². The Morgan fingerprint density at radius 2 is 1.79 bits per heavy atom. The summed E-state index contributed by atoms with van der Waals surface area (Å²) in [6.07, 6.45) is -3.53. The lowest BCUT2D eigenvalue weighted by molar-refractivity contribution is -0.274. The molecule has 0 saturated carbocycles. The highest BCUT2D eigenvalue weighted by molar-refractivity contribution is 6.20. The molecule has 0 aliphatic carbocycles. The minimum absolute atomic E-state index is 0.0189. The van der Waals surface area contributed by atoms with E-state index in [0.717, 1.165) is 19.2 Å². The fraction of sp³-hybridized carbons (Fsp3) is 0.364. The maximum atomic E-state index is 12.9. The van der Waals surface area contributed by atoms with Crippen molar-refractivity contribution in [1.82, 2.24) is 19.7 Å². The van der Waals surface area contributed by atoms with Crippen LogP contribution in [0.1, 0.15) is 16.1 Å². The average molecular weight is 477 g/mol. The number of para-hydroxylation sites is 2. The summed E-state index contributed by atoms with van der Waals surface area (Å²) in [6.45, 7) is 2.32. The van der Waals surface area contributed by atoms with Crippen LogP contribution in [0.25, 0.3) is 0 Å². The van der Waals surface area contributed by atoms with Crippen molar-refractivity contribution in [1.29, 1.82) is 0 Å². The van der Waals surface area contributed by atoms with Crippen LogP contribution in [-0.2, 0) is 11.3 Å². The third-order valence-corrected chi connectivity index (χ3v) is 5.58. The van der Waals surface area contributed by atoms with Gasteiger partial charge in [-0.05, 0) is 36.9 Å². The molecule has 34 heavy (non-hydrogen) atoms. The Morgan fingerprint density at radius 3 is 2.50 bits per heavy atom. The van der Waals surface area contributed by atoms with E-state index in [2.05, 4.69) is 14.6 Å². The molecule has 1 aromatic carbocycles. The van der Waals surface area contributed by atoms with Gasteiger partial charge in [-0.15, -0.1) is 13.2 Å². The number of ether oxygens (including phenoxy) is 1. The molecule has 0 radical (unpaired) electrons. The Kier molecular flexibility index (Phi) is 6.42.